The van der Waals surface area contributed by atoms with Crippen LogP contribution in [0.15, 0.2) is 60.0 Å². The van der Waals surface area contributed by atoms with Crippen LogP contribution in [0.5, 0.6) is 17.2 Å². The molecule has 0 saturated heterocycles. The zero-order valence-corrected chi connectivity index (χ0v) is 19.4. The molecule has 0 spiro atoms. The van der Waals surface area contributed by atoms with Crippen LogP contribution in [0, 0.1) is 0 Å². The number of thiophene rings is 1. The van der Waals surface area contributed by atoms with Gasteiger partial charge in [0.1, 0.15) is 17.1 Å². The van der Waals surface area contributed by atoms with E-state index in [1.807, 2.05) is 29.6 Å². The van der Waals surface area contributed by atoms with Gasteiger partial charge in [-0.3, -0.25) is 9.59 Å². The number of fused-ring (bicyclic) bond motifs is 1. The van der Waals surface area contributed by atoms with Gasteiger partial charge in [0.2, 0.25) is 0 Å². The van der Waals surface area contributed by atoms with Gasteiger partial charge in [0.05, 0.1) is 21.3 Å². The van der Waals surface area contributed by atoms with Crippen LogP contribution in [0.25, 0.3) is 21.3 Å². The Morgan fingerprint density at radius 1 is 0.818 bits per heavy atom. The monoisotopic (exact) mass is 461 g/mol. The second-order valence-electron chi connectivity index (χ2n) is 7.31. The highest BCUT2D eigenvalue weighted by Crippen LogP contribution is 2.37. The molecule has 0 aliphatic heterocycles. The van der Waals surface area contributed by atoms with Crippen LogP contribution in [0.4, 0.5) is 0 Å². The van der Waals surface area contributed by atoms with Crippen molar-refractivity contribution in [3.8, 4) is 28.5 Å². The van der Waals surface area contributed by atoms with E-state index in [0.29, 0.717) is 34.2 Å². The van der Waals surface area contributed by atoms with E-state index >= 15 is 0 Å². The van der Waals surface area contributed by atoms with Crippen molar-refractivity contribution in [1.29, 1.82) is 0 Å². The molecule has 0 aliphatic rings. The number of carbonyl (C=O) groups excluding carboxylic acids is 2. The Labute approximate surface area is 195 Å². The lowest BCUT2D eigenvalue weighted by Gasteiger charge is -2.10. The largest absolute Gasteiger partial charge is 0.494 e. The first-order valence-corrected chi connectivity index (χ1v) is 11.2. The average Bonchev–Trinajstić information content (AvgIpc) is 3.30. The molecule has 0 fully saturated rings. The third-order valence-corrected chi connectivity index (χ3v) is 6.35. The summed E-state index contributed by atoms with van der Waals surface area (Å²) in [5.74, 6) is 1.26. The lowest BCUT2D eigenvalue weighted by molar-refractivity contribution is 0.0915. The molecule has 0 bridgehead atoms. The topological polar surface area (TPSA) is 74.7 Å². The Morgan fingerprint density at radius 3 is 2.27 bits per heavy atom. The molecule has 0 saturated carbocycles. The Hall–Kier alpha value is -3.71. The van der Waals surface area contributed by atoms with E-state index in [4.69, 9.17) is 14.2 Å². The van der Waals surface area contributed by atoms with Gasteiger partial charge in [-0.2, -0.15) is 0 Å². The standard InChI is InChI=1S/C26H23NO5S/c1-30-22-12-8-16(14-24(22)32-3)20(28)10-11-21(29)19-9-13-23(31-2)26(27-19)18-15-33-25-7-5-4-6-17(18)25/h4-9,12-15H,10-11H2,1-3H3. The normalized spacial score (nSPS) is 10.8. The van der Waals surface area contributed by atoms with Crippen LogP contribution in [0.1, 0.15) is 33.7 Å². The lowest BCUT2D eigenvalue weighted by atomic mass is 10.0. The number of hydrogen-bond acceptors (Lipinski definition) is 7. The summed E-state index contributed by atoms with van der Waals surface area (Å²) in [6.45, 7) is 0. The van der Waals surface area contributed by atoms with E-state index in [1.165, 1.54) is 14.2 Å². The molecular formula is C26H23NO5S. The fourth-order valence-electron chi connectivity index (χ4n) is 3.63. The number of ketones is 2. The Morgan fingerprint density at radius 2 is 1.52 bits per heavy atom. The number of methoxy groups -OCH3 is 3. The molecule has 0 unspecified atom stereocenters. The van der Waals surface area contributed by atoms with E-state index in [2.05, 4.69) is 4.98 Å². The number of nitrogens with zero attached hydrogens (tertiary/aromatic N) is 1. The number of benzene rings is 2. The molecule has 2 aromatic carbocycles. The van der Waals surface area contributed by atoms with E-state index in [0.717, 1.165) is 15.6 Å². The highest BCUT2D eigenvalue weighted by Gasteiger charge is 2.18. The van der Waals surface area contributed by atoms with Gasteiger partial charge in [0.25, 0.3) is 0 Å². The maximum atomic E-state index is 12.9. The first kappa shape index (κ1) is 22.5. The summed E-state index contributed by atoms with van der Waals surface area (Å²) in [4.78, 5) is 30.2. The molecule has 4 aromatic rings. The Balaban J connectivity index is 1.54. The minimum Gasteiger partial charge on any atom is -0.494 e. The first-order chi connectivity index (χ1) is 16.0. The van der Waals surface area contributed by atoms with E-state index in [9.17, 15) is 9.59 Å². The number of carbonyl (C=O) groups is 2. The summed E-state index contributed by atoms with van der Waals surface area (Å²) in [7, 11) is 4.63. The number of aromatic nitrogens is 1. The van der Waals surface area contributed by atoms with Crippen LogP contribution in [-0.4, -0.2) is 37.9 Å². The summed E-state index contributed by atoms with van der Waals surface area (Å²) in [6.07, 6.45) is 0.120. The van der Waals surface area contributed by atoms with E-state index < -0.39 is 0 Å². The van der Waals surface area contributed by atoms with Gasteiger partial charge in [0, 0.05) is 39.4 Å². The molecule has 0 N–H and O–H groups in total. The van der Waals surface area contributed by atoms with Crippen molar-refractivity contribution in [1.82, 2.24) is 4.98 Å². The fourth-order valence-corrected chi connectivity index (χ4v) is 4.58. The third kappa shape index (κ3) is 4.59. The highest BCUT2D eigenvalue weighted by molar-refractivity contribution is 7.17. The maximum absolute atomic E-state index is 12.9. The fraction of sp³-hybridized carbons (Fsp3) is 0.192. The molecule has 0 radical (unpaired) electrons. The second kappa shape index (κ2) is 9.83. The van der Waals surface area contributed by atoms with Crippen LogP contribution >= 0.6 is 11.3 Å². The molecule has 168 valence electrons. The SMILES string of the molecule is COc1ccc(C(=O)CCC(=O)c2ccc(OC)c(-c3csc4ccccc34)n2)cc1OC. The number of rotatable bonds is 9. The Bertz CT molecular complexity index is 1330. The maximum Gasteiger partial charge on any atom is 0.181 e. The molecule has 7 heteroatoms. The highest BCUT2D eigenvalue weighted by atomic mass is 32.1. The van der Waals surface area contributed by atoms with Crippen molar-refractivity contribution in [3.63, 3.8) is 0 Å². The quantitative estimate of drug-likeness (QED) is 0.292. The van der Waals surface area contributed by atoms with Crippen molar-refractivity contribution in [2.24, 2.45) is 0 Å². The lowest BCUT2D eigenvalue weighted by Crippen LogP contribution is -2.08. The number of ether oxygens (including phenoxy) is 3. The molecular weight excluding hydrogens is 438 g/mol. The van der Waals surface area contributed by atoms with E-state index in [1.54, 1.807) is 48.8 Å². The predicted molar refractivity (Wildman–Crippen MR) is 129 cm³/mol. The van der Waals surface area contributed by atoms with Gasteiger partial charge < -0.3 is 14.2 Å². The average molecular weight is 462 g/mol. The zero-order valence-electron chi connectivity index (χ0n) is 18.6. The molecule has 33 heavy (non-hydrogen) atoms. The first-order valence-electron chi connectivity index (χ1n) is 10.4. The molecule has 2 aromatic heterocycles. The molecule has 6 nitrogen and oxygen atoms in total. The minimum atomic E-state index is -0.202. The molecule has 4 rings (SSSR count). The molecule has 2 heterocycles. The minimum absolute atomic E-state index is 0.0519. The predicted octanol–water partition coefficient (Wildman–Crippen LogP) is 5.83. The van der Waals surface area contributed by atoms with Crippen molar-refractivity contribution in [3.05, 3.63) is 71.2 Å². The van der Waals surface area contributed by atoms with Gasteiger partial charge >= 0.3 is 0 Å². The zero-order chi connectivity index (χ0) is 23.4. The van der Waals surface area contributed by atoms with Gasteiger partial charge in [-0.15, -0.1) is 11.3 Å². The van der Waals surface area contributed by atoms with Crippen molar-refractivity contribution in [2.45, 2.75) is 12.8 Å². The van der Waals surface area contributed by atoms with Crippen LogP contribution < -0.4 is 14.2 Å². The van der Waals surface area contributed by atoms with Crippen molar-refractivity contribution < 1.29 is 23.8 Å². The Kier molecular flexibility index (Phi) is 6.70. The van der Waals surface area contributed by atoms with Gasteiger partial charge in [0.15, 0.2) is 23.1 Å². The smallest absolute Gasteiger partial charge is 0.181 e. The number of hydrogen-bond donors (Lipinski definition) is 0. The third-order valence-electron chi connectivity index (χ3n) is 5.38. The van der Waals surface area contributed by atoms with Crippen LogP contribution in [0.3, 0.4) is 0 Å². The van der Waals surface area contributed by atoms with Crippen molar-refractivity contribution >= 4 is 33.0 Å². The van der Waals surface area contributed by atoms with Gasteiger partial charge in [-0.25, -0.2) is 4.98 Å². The summed E-state index contributed by atoms with van der Waals surface area (Å²) in [6, 6.07) is 16.4. The molecule has 0 atom stereocenters. The van der Waals surface area contributed by atoms with Crippen molar-refractivity contribution in [2.75, 3.05) is 21.3 Å². The summed E-state index contributed by atoms with van der Waals surface area (Å²) < 4.78 is 17.1. The van der Waals surface area contributed by atoms with Crippen LogP contribution in [0.2, 0.25) is 0 Å². The van der Waals surface area contributed by atoms with Gasteiger partial charge in [-0.05, 0) is 36.4 Å². The summed E-state index contributed by atoms with van der Waals surface area (Å²) in [5, 5.41) is 3.08. The number of Topliss-reactive ketones (excluding diaryl/α,β-unsaturated/α-hetero) is 2. The van der Waals surface area contributed by atoms with E-state index in [-0.39, 0.29) is 24.4 Å². The summed E-state index contributed by atoms with van der Waals surface area (Å²) >= 11 is 1.62. The van der Waals surface area contributed by atoms with Crippen LogP contribution in [-0.2, 0) is 0 Å². The molecule has 0 aliphatic carbocycles. The molecule has 0 amide bonds. The second-order valence-corrected chi connectivity index (χ2v) is 8.22. The van der Waals surface area contributed by atoms with Gasteiger partial charge in [-0.1, -0.05) is 18.2 Å². The number of pyridine rings is 1. The summed E-state index contributed by atoms with van der Waals surface area (Å²) in [5.41, 5.74) is 2.31.